The molecule has 1 unspecified atom stereocenters. The Hall–Kier alpha value is -1.88. The van der Waals surface area contributed by atoms with Crippen LogP contribution in [-0.2, 0) is 4.79 Å². The lowest BCUT2D eigenvalue weighted by Crippen LogP contribution is -2.36. The second kappa shape index (κ2) is 7.53. The van der Waals surface area contributed by atoms with Crippen LogP contribution < -0.4 is 16.4 Å². The molecular weight excluding hydrogens is 242 g/mol. The van der Waals surface area contributed by atoms with Gasteiger partial charge >= 0.3 is 0 Å². The first-order valence-corrected chi connectivity index (χ1v) is 6.38. The van der Waals surface area contributed by atoms with Crippen molar-refractivity contribution in [2.24, 2.45) is 0 Å². The van der Waals surface area contributed by atoms with E-state index in [0.29, 0.717) is 24.3 Å². The highest BCUT2D eigenvalue weighted by atomic mass is 16.1. The van der Waals surface area contributed by atoms with E-state index in [1.54, 1.807) is 24.3 Å². The quantitative estimate of drug-likeness (QED) is 0.388. The summed E-state index contributed by atoms with van der Waals surface area (Å²) in [5.41, 5.74) is 6.87. The second-order valence-electron chi connectivity index (χ2n) is 4.50. The van der Waals surface area contributed by atoms with Crippen LogP contribution in [0.15, 0.2) is 24.3 Å². The van der Waals surface area contributed by atoms with E-state index in [-0.39, 0.29) is 17.7 Å². The lowest BCUT2D eigenvalue weighted by molar-refractivity contribution is -0.118. The van der Waals surface area contributed by atoms with Crippen molar-refractivity contribution in [3.63, 3.8) is 0 Å². The number of hydrogen-bond donors (Lipinski definition) is 3. The maximum atomic E-state index is 12.1. The molecule has 1 aromatic carbocycles. The third-order valence-electron chi connectivity index (χ3n) is 2.77. The minimum Gasteiger partial charge on any atom is -0.399 e. The van der Waals surface area contributed by atoms with Gasteiger partial charge in [-0.1, -0.05) is 0 Å². The number of nitrogens with two attached hydrogens (primary N) is 1. The number of amides is 1. The van der Waals surface area contributed by atoms with Crippen LogP contribution >= 0.6 is 0 Å². The van der Waals surface area contributed by atoms with E-state index < -0.39 is 0 Å². The number of carbonyl (C=O) groups is 2. The van der Waals surface area contributed by atoms with Crippen molar-refractivity contribution in [1.82, 2.24) is 10.6 Å². The van der Waals surface area contributed by atoms with Gasteiger partial charge in [0.1, 0.15) is 0 Å². The maximum absolute atomic E-state index is 12.1. The number of Topliss-reactive ketones (excluding diaryl/α,β-unsaturated/α-hetero) is 1. The molecule has 0 spiro atoms. The van der Waals surface area contributed by atoms with Crippen molar-refractivity contribution in [3.05, 3.63) is 29.8 Å². The first-order chi connectivity index (χ1) is 9.00. The number of nitrogens with one attached hydrogen (secondary N) is 2. The highest BCUT2D eigenvalue weighted by Crippen LogP contribution is 2.08. The molecule has 5 heteroatoms. The van der Waals surface area contributed by atoms with Crippen molar-refractivity contribution in [1.29, 1.82) is 0 Å². The number of rotatable bonds is 7. The zero-order valence-corrected chi connectivity index (χ0v) is 11.4. The minimum absolute atomic E-state index is 0.0361. The van der Waals surface area contributed by atoms with Gasteiger partial charge in [0.05, 0.1) is 6.04 Å². The molecule has 19 heavy (non-hydrogen) atoms. The minimum atomic E-state index is -0.249. The molecule has 0 saturated carbocycles. The standard InChI is InChI=1S/C14H21N3O2/c1-10(16-8-3-9-17-11(2)18)14(19)12-4-6-13(15)7-5-12/h4-7,10,16H,3,8-9,15H2,1-2H3,(H,17,18). The summed E-state index contributed by atoms with van der Waals surface area (Å²) in [6, 6.07) is 6.65. The third-order valence-corrected chi connectivity index (χ3v) is 2.77. The fraction of sp³-hybridized carbons (Fsp3) is 0.429. The van der Waals surface area contributed by atoms with Gasteiger partial charge in [-0.25, -0.2) is 0 Å². The average Bonchev–Trinajstić information content (AvgIpc) is 2.37. The Balaban J connectivity index is 2.32. The van der Waals surface area contributed by atoms with Crippen LogP contribution in [0.25, 0.3) is 0 Å². The summed E-state index contributed by atoms with van der Waals surface area (Å²) in [5.74, 6) is 0.00512. The summed E-state index contributed by atoms with van der Waals surface area (Å²) in [6.45, 7) is 4.62. The first kappa shape index (κ1) is 15.2. The summed E-state index contributed by atoms with van der Waals surface area (Å²) < 4.78 is 0. The molecule has 0 bridgehead atoms. The van der Waals surface area contributed by atoms with Crippen molar-refractivity contribution in [3.8, 4) is 0 Å². The van der Waals surface area contributed by atoms with E-state index >= 15 is 0 Å². The van der Waals surface area contributed by atoms with Crippen LogP contribution in [0.4, 0.5) is 5.69 Å². The molecule has 0 saturated heterocycles. The molecule has 0 aliphatic rings. The molecule has 0 radical (unpaired) electrons. The number of anilines is 1. The number of ketones is 1. The van der Waals surface area contributed by atoms with E-state index in [1.807, 2.05) is 6.92 Å². The molecule has 0 aliphatic heterocycles. The highest BCUT2D eigenvalue weighted by molar-refractivity contribution is 6.00. The molecule has 0 aromatic heterocycles. The molecule has 104 valence electrons. The molecular formula is C14H21N3O2. The van der Waals surface area contributed by atoms with Crippen molar-refractivity contribution < 1.29 is 9.59 Å². The topological polar surface area (TPSA) is 84.2 Å². The Morgan fingerprint density at radius 1 is 1.21 bits per heavy atom. The summed E-state index contributed by atoms with van der Waals surface area (Å²) >= 11 is 0. The predicted octanol–water partition coefficient (Wildman–Crippen LogP) is 0.956. The van der Waals surface area contributed by atoms with E-state index in [1.165, 1.54) is 6.92 Å². The molecule has 5 nitrogen and oxygen atoms in total. The number of hydrogen-bond acceptors (Lipinski definition) is 4. The molecule has 4 N–H and O–H groups in total. The van der Waals surface area contributed by atoms with Crippen molar-refractivity contribution in [2.45, 2.75) is 26.3 Å². The molecule has 1 rings (SSSR count). The van der Waals surface area contributed by atoms with Crippen LogP contribution in [-0.4, -0.2) is 30.8 Å². The third kappa shape index (κ3) is 5.52. The zero-order chi connectivity index (χ0) is 14.3. The van der Waals surface area contributed by atoms with Crippen LogP contribution in [0, 0.1) is 0 Å². The average molecular weight is 263 g/mol. The molecule has 1 aromatic rings. The van der Waals surface area contributed by atoms with Gasteiger partial charge in [-0.3, -0.25) is 9.59 Å². The number of carbonyl (C=O) groups excluding carboxylic acids is 2. The second-order valence-corrected chi connectivity index (χ2v) is 4.50. The Labute approximate surface area is 113 Å². The molecule has 0 heterocycles. The molecule has 0 fully saturated rings. The van der Waals surface area contributed by atoms with E-state index in [0.717, 1.165) is 6.42 Å². The lowest BCUT2D eigenvalue weighted by Gasteiger charge is -2.13. The van der Waals surface area contributed by atoms with Gasteiger partial charge < -0.3 is 16.4 Å². The zero-order valence-electron chi connectivity index (χ0n) is 11.4. The lowest BCUT2D eigenvalue weighted by atomic mass is 10.1. The molecule has 1 amide bonds. The summed E-state index contributed by atoms with van der Waals surface area (Å²) in [7, 11) is 0. The van der Waals surface area contributed by atoms with E-state index in [4.69, 9.17) is 5.73 Å². The fourth-order valence-corrected chi connectivity index (χ4v) is 1.66. The van der Waals surface area contributed by atoms with E-state index in [2.05, 4.69) is 10.6 Å². The SMILES string of the molecule is CC(=O)NCCCNC(C)C(=O)c1ccc(N)cc1. The fourth-order valence-electron chi connectivity index (χ4n) is 1.66. The van der Waals surface area contributed by atoms with Crippen LogP contribution in [0.2, 0.25) is 0 Å². The largest absolute Gasteiger partial charge is 0.399 e. The van der Waals surface area contributed by atoms with Gasteiger partial charge in [0.2, 0.25) is 5.91 Å². The van der Waals surface area contributed by atoms with E-state index in [9.17, 15) is 9.59 Å². The van der Waals surface area contributed by atoms with Gasteiger partial charge in [-0.05, 0) is 44.2 Å². The smallest absolute Gasteiger partial charge is 0.216 e. The monoisotopic (exact) mass is 263 g/mol. The van der Waals surface area contributed by atoms with Gasteiger partial charge in [-0.2, -0.15) is 0 Å². The molecule has 0 aliphatic carbocycles. The highest BCUT2D eigenvalue weighted by Gasteiger charge is 2.13. The normalized spacial score (nSPS) is 11.9. The Bertz CT molecular complexity index is 429. The summed E-state index contributed by atoms with van der Waals surface area (Å²) in [6.07, 6.45) is 0.791. The van der Waals surface area contributed by atoms with Gasteiger partial charge in [0.15, 0.2) is 5.78 Å². The maximum Gasteiger partial charge on any atom is 0.216 e. The van der Waals surface area contributed by atoms with Crippen molar-refractivity contribution >= 4 is 17.4 Å². The number of benzene rings is 1. The van der Waals surface area contributed by atoms with Crippen LogP contribution in [0.1, 0.15) is 30.6 Å². The Morgan fingerprint density at radius 3 is 2.42 bits per heavy atom. The van der Waals surface area contributed by atoms with Gasteiger partial charge in [0, 0.05) is 24.7 Å². The van der Waals surface area contributed by atoms with Crippen LogP contribution in [0.3, 0.4) is 0 Å². The Morgan fingerprint density at radius 2 is 1.84 bits per heavy atom. The van der Waals surface area contributed by atoms with Gasteiger partial charge in [-0.15, -0.1) is 0 Å². The number of nitrogen functional groups attached to an aromatic ring is 1. The Kier molecular flexibility index (Phi) is 6.02. The predicted molar refractivity (Wildman–Crippen MR) is 76.0 cm³/mol. The summed E-state index contributed by atoms with van der Waals surface area (Å²) in [4.78, 5) is 22.7. The molecule has 1 atom stereocenters. The summed E-state index contributed by atoms with van der Waals surface area (Å²) in [5, 5.41) is 5.85. The first-order valence-electron chi connectivity index (χ1n) is 6.38. The van der Waals surface area contributed by atoms with Gasteiger partial charge in [0.25, 0.3) is 0 Å². The van der Waals surface area contributed by atoms with Crippen LogP contribution in [0.5, 0.6) is 0 Å². The van der Waals surface area contributed by atoms with Crippen molar-refractivity contribution in [2.75, 3.05) is 18.8 Å².